The van der Waals surface area contributed by atoms with Gasteiger partial charge < -0.3 is 10.1 Å². The summed E-state index contributed by atoms with van der Waals surface area (Å²) in [5.74, 6) is -1.01. The number of carbonyl (C=O) groups is 1. The molecule has 4 heteroatoms. The van der Waals surface area contributed by atoms with E-state index in [-0.39, 0.29) is 11.4 Å². The molecule has 100 valence electrons. The van der Waals surface area contributed by atoms with Crippen molar-refractivity contribution < 1.29 is 9.53 Å². The van der Waals surface area contributed by atoms with Crippen LogP contribution in [-0.4, -0.2) is 24.7 Å². The van der Waals surface area contributed by atoms with E-state index in [2.05, 4.69) is 11.4 Å². The maximum absolute atomic E-state index is 12.3. The first-order chi connectivity index (χ1) is 9.14. The molecule has 4 nitrogen and oxygen atoms in total. The van der Waals surface area contributed by atoms with Crippen molar-refractivity contribution in [1.29, 1.82) is 5.26 Å². The predicted octanol–water partition coefficient (Wildman–Crippen LogP) is 1.98. The molecule has 19 heavy (non-hydrogen) atoms. The van der Waals surface area contributed by atoms with E-state index >= 15 is 0 Å². The Labute approximate surface area is 113 Å². The Balaban J connectivity index is 2.08. The molecule has 1 amide bonds. The van der Waals surface area contributed by atoms with Gasteiger partial charge in [-0.2, -0.15) is 5.26 Å². The zero-order valence-electron chi connectivity index (χ0n) is 11.1. The highest BCUT2D eigenvalue weighted by molar-refractivity contribution is 5.87. The summed E-state index contributed by atoms with van der Waals surface area (Å²) >= 11 is 0. The Morgan fingerprint density at radius 2 is 2.21 bits per heavy atom. The van der Waals surface area contributed by atoms with Crippen LogP contribution in [-0.2, 0) is 9.53 Å². The van der Waals surface area contributed by atoms with E-state index in [4.69, 9.17) is 4.74 Å². The second-order valence-corrected chi connectivity index (χ2v) is 5.18. The van der Waals surface area contributed by atoms with E-state index in [9.17, 15) is 10.1 Å². The maximum Gasteiger partial charge on any atom is 0.242 e. The van der Waals surface area contributed by atoms with Crippen molar-refractivity contribution in [2.45, 2.75) is 31.2 Å². The molecule has 1 aliphatic rings. The minimum absolute atomic E-state index is 0.248. The fourth-order valence-electron chi connectivity index (χ4n) is 2.33. The van der Waals surface area contributed by atoms with Gasteiger partial charge in [0.2, 0.25) is 5.91 Å². The lowest BCUT2D eigenvalue weighted by Gasteiger charge is -2.34. The van der Waals surface area contributed by atoms with Gasteiger partial charge in [0.15, 0.2) is 0 Å². The van der Waals surface area contributed by atoms with Crippen LogP contribution in [0.5, 0.6) is 0 Å². The third kappa shape index (κ3) is 3.33. The van der Waals surface area contributed by atoms with Crippen LogP contribution in [0.25, 0.3) is 0 Å². The average Bonchev–Trinajstić information content (AvgIpc) is 2.41. The Hall–Kier alpha value is -1.86. The van der Waals surface area contributed by atoms with Crippen LogP contribution < -0.4 is 5.32 Å². The van der Waals surface area contributed by atoms with Crippen LogP contribution in [0.2, 0.25) is 0 Å². The average molecular weight is 258 g/mol. The molecule has 1 saturated heterocycles. The van der Waals surface area contributed by atoms with Gasteiger partial charge in [-0.05, 0) is 25.3 Å². The van der Waals surface area contributed by atoms with E-state index < -0.39 is 5.92 Å². The number of benzene rings is 1. The zero-order valence-corrected chi connectivity index (χ0v) is 11.1. The SMILES string of the molecule is CC1(NC(=O)C(C#N)c2ccccc2)CCCOC1. The van der Waals surface area contributed by atoms with E-state index in [1.807, 2.05) is 25.1 Å². The Morgan fingerprint density at radius 1 is 1.47 bits per heavy atom. The summed E-state index contributed by atoms with van der Waals surface area (Å²) in [5.41, 5.74) is 0.363. The number of nitriles is 1. The van der Waals surface area contributed by atoms with Gasteiger partial charge in [-0.3, -0.25) is 4.79 Å². The third-order valence-electron chi connectivity index (χ3n) is 3.39. The summed E-state index contributed by atoms with van der Waals surface area (Å²) < 4.78 is 5.41. The monoisotopic (exact) mass is 258 g/mol. The van der Waals surface area contributed by atoms with Crippen molar-refractivity contribution in [2.75, 3.05) is 13.2 Å². The van der Waals surface area contributed by atoms with Crippen LogP contribution in [0.1, 0.15) is 31.2 Å². The summed E-state index contributed by atoms with van der Waals surface area (Å²) in [6, 6.07) is 11.2. The van der Waals surface area contributed by atoms with Crippen LogP contribution in [0.15, 0.2) is 30.3 Å². The maximum atomic E-state index is 12.3. The molecular formula is C15H18N2O2. The lowest BCUT2D eigenvalue weighted by atomic mass is 9.92. The van der Waals surface area contributed by atoms with Crippen molar-refractivity contribution in [3.63, 3.8) is 0 Å². The molecule has 2 unspecified atom stereocenters. The van der Waals surface area contributed by atoms with Crippen LogP contribution in [0.4, 0.5) is 0 Å². The number of rotatable bonds is 3. The zero-order chi connectivity index (χ0) is 13.7. The molecule has 1 N–H and O–H groups in total. The quantitative estimate of drug-likeness (QED) is 0.901. The number of ether oxygens (including phenoxy) is 1. The molecular weight excluding hydrogens is 240 g/mol. The van der Waals surface area contributed by atoms with Gasteiger partial charge in [0, 0.05) is 6.61 Å². The van der Waals surface area contributed by atoms with Gasteiger partial charge >= 0.3 is 0 Å². The number of carbonyl (C=O) groups excluding carboxylic acids is 1. The standard InChI is InChI=1S/C15H18N2O2/c1-15(8-5-9-19-11-15)17-14(18)13(10-16)12-6-3-2-4-7-12/h2-4,6-7,13H,5,8-9,11H2,1H3,(H,17,18). The van der Waals surface area contributed by atoms with Gasteiger partial charge in [-0.25, -0.2) is 0 Å². The molecule has 0 aliphatic carbocycles. The number of nitrogens with zero attached hydrogens (tertiary/aromatic N) is 1. The topological polar surface area (TPSA) is 62.1 Å². The summed E-state index contributed by atoms with van der Waals surface area (Å²) in [6.07, 6.45) is 1.81. The summed E-state index contributed by atoms with van der Waals surface area (Å²) in [7, 11) is 0. The van der Waals surface area contributed by atoms with Crippen molar-refractivity contribution >= 4 is 5.91 Å². The van der Waals surface area contributed by atoms with Crippen LogP contribution in [0, 0.1) is 11.3 Å². The summed E-state index contributed by atoms with van der Waals surface area (Å²) in [5, 5.41) is 12.2. The highest BCUT2D eigenvalue weighted by atomic mass is 16.5. The van der Waals surface area contributed by atoms with Gasteiger partial charge in [0.05, 0.1) is 18.2 Å². The van der Waals surface area contributed by atoms with Crippen molar-refractivity contribution in [3.05, 3.63) is 35.9 Å². The summed E-state index contributed by atoms with van der Waals surface area (Å²) in [6.45, 7) is 3.21. The number of nitrogens with one attached hydrogen (secondary N) is 1. The smallest absolute Gasteiger partial charge is 0.242 e. The largest absolute Gasteiger partial charge is 0.379 e. The van der Waals surface area contributed by atoms with Gasteiger partial charge in [-0.15, -0.1) is 0 Å². The van der Waals surface area contributed by atoms with Gasteiger partial charge in [0.1, 0.15) is 5.92 Å². The Kier molecular flexibility index (Phi) is 4.18. The molecule has 0 saturated carbocycles. The second kappa shape index (κ2) is 5.85. The first kappa shape index (κ1) is 13.6. The van der Waals surface area contributed by atoms with Gasteiger partial charge in [-0.1, -0.05) is 30.3 Å². The fourth-order valence-corrected chi connectivity index (χ4v) is 2.33. The molecule has 1 aliphatic heterocycles. The molecule has 0 bridgehead atoms. The number of amides is 1. The van der Waals surface area contributed by atoms with E-state index in [0.717, 1.165) is 25.0 Å². The number of hydrogen-bond acceptors (Lipinski definition) is 3. The molecule has 0 radical (unpaired) electrons. The first-order valence-electron chi connectivity index (χ1n) is 6.49. The predicted molar refractivity (Wildman–Crippen MR) is 71.4 cm³/mol. The molecule has 0 aromatic heterocycles. The Bertz CT molecular complexity index is 473. The van der Waals surface area contributed by atoms with E-state index in [1.165, 1.54) is 0 Å². The third-order valence-corrected chi connectivity index (χ3v) is 3.39. The van der Waals surface area contributed by atoms with Gasteiger partial charge in [0.25, 0.3) is 0 Å². The van der Waals surface area contributed by atoms with Crippen molar-refractivity contribution in [1.82, 2.24) is 5.32 Å². The van der Waals surface area contributed by atoms with Crippen molar-refractivity contribution in [2.24, 2.45) is 0 Å². The minimum Gasteiger partial charge on any atom is -0.379 e. The minimum atomic E-state index is -0.764. The highest BCUT2D eigenvalue weighted by Crippen LogP contribution is 2.21. The van der Waals surface area contributed by atoms with Crippen molar-refractivity contribution in [3.8, 4) is 6.07 Å². The number of hydrogen-bond donors (Lipinski definition) is 1. The fraction of sp³-hybridized carbons (Fsp3) is 0.467. The second-order valence-electron chi connectivity index (χ2n) is 5.18. The molecule has 1 aromatic carbocycles. The summed E-state index contributed by atoms with van der Waals surface area (Å²) in [4.78, 5) is 12.3. The molecule has 2 rings (SSSR count). The lowest BCUT2D eigenvalue weighted by molar-refractivity contribution is -0.124. The van der Waals surface area contributed by atoms with Crippen LogP contribution >= 0.6 is 0 Å². The van der Waals surface area contributed by atoms with Crippen LogP contribution in [0.3, 0.4) is 0 Å². The first-order valence-corrected chi connectivity index (χ1v) is 6.49. The van der Waals surface area contributed by atoms with E-state index in [0.29, 0.717) is 6.61 Å². The normalized spacial score (nSPS) is 24.2. The Morgan fingerprint density at radius 3 is 2.79 bits per heavy atom. The lowest BCUT2D eigenvalue weighted by Crippen LogP contribution is -2.52. The molecule has 1 aromatic rings. The highest BCUT2D eigenvalue weighted by Gasteiger charge is 2.32. The molecule has 2 atom stereocenters. The molecule has 0 spiro atoms. The molecule has 1 heterocycles. The van der Waals surface area contributed by atoms with E-state index in [1.54, 1.807) is 12.1 Å². The molecule has 1 fully saturated rings.